The quantitative estimate of drug-likeness (QED) is 0.786. The van der Waals surface area contributed by atoms with Gasteiger partial charge in [-0.3, -0.25) is 4.79 Å². The lowest BCUT2D eigenvalue weighted by molar-refractivity contribution is -0.128. The van der Waals surface area contributed by atoms with Crippen LogP contribution in [0.15, 0.2) is 36.4 Å². The van der Waals surface area contributed by atoms with E-state index < -0.39 is 6.10 Å². The van der Waals surface area contributed by atoms with E-state index >= 15 is 0 Å². The summed E-state index contributed by atoms with van der Waals surface area (Å²) in [4.78, 5) is 12.7. The van der Waals surface area contributed by atoms with Crippen molar-refractivity contribution in [2.75, 3.05) is 7.11 Å². The number of hydrogen-bond acceptors (Lipinski definition) is 3. The van der Waals surface area contributed by atoms with Gasteiger partial charge in [-0.15, -0.1) is 0 Å². The fourth-order valence-electron chi connectivity index (χ4n) is 2.97. The molecule has 0 aromatic heterocycles. The van der Waals surface area contributed by atoms with Crippen LogP contribution in [0.25, 0.3) is 0 Å². The fraction of sp³-hybridized carbons (Fsp3) is 0.409. The number of ether oxygens (including phenoxy) is 2. The Morgan fingerprint density at radius 2 is 1.58 bits per heavy atom. The Labute approximate surface area is 156 Å². The third kappa shape index (κ3) is 4.78. The van der Waals surface area contributed by atoms with E-state index in [-0.39, 0.29) is 11.9 Å². The second kappa shape index (κ2) is 8.75. The number of carbonyl (C=O) groups excluding carboxylic acids is 1. The smallest absolute Gasteiger partial charge is 0.261 e. The van der Waals surface area contributed by atoms with E-state index in [4.69, 9.17) is 9.47 Å². The van der Waals surface area contributed by atoms with E-state index in [2.05, 4.69) is 38.2 Å². The SMILES string of the molecule is CC[C@@H](Oc1ccc(OC)cc1)C(=O)N[C@H](C)c1cc(C)c(C)cc1C. The highest BCUT2D eigenvalue weighted by atomic mass is 16.5. The minimum Gasteiger partial charge on any atom is -0.497 e. The second-order valence-electron chi connectivity index (χ2n) is 6.71. The summed E-state index contributed by atoms with van der Waals surface area (Å²) in [6, 6.07) is 11.5. The van der Waals surface area contributed by atoms with Crippen LogP contribution >= 0.6 is 0 Å². The molecule has 0 heterocycles. The van der Waals surface area contributed by atoms with Crippen LogP contribution in [0.1, 0.15) is 48.6 Å². The Kier molecular flexibility index (Phi) is 6.67. The molecule has 0 fully saturated rings. The number of benzene rings is 2. The zero-order chi connectivity index (χ0) is 19.3. The van der Waals surface area contributed by atoms with Crippen LogP contribution in [-0.4, -0.2) is 19.1 Å². The molecule has 1 N–H and O–H groups in total. The number of carbonyl (C=O) groups is 1. The molecule has 0 saturated carbocycles. The van der Waals surface area contributed by atoms with Crippen molar-refractivity contribution in [2.24, 2.45) is 0 Å². The average Bonchev–Trinajstić information content (AvgIpc) is 2.62. The monoisotopic (exact) mass is 355 g/mol. The lowest BCUT2D eigenvalue weighted by Crippen LogP contribution is -2.39. The number of nitrogens with one attached hydrogen (secondary N) is 1. The van der Waals surface area contributed by atoms with Gasteiger partial charge in [0, 0.05) is 0 Å². The molecule has 0 spiro atoms. The summed E-state index contributed by atoms with van der Waals surface area (Å²) in [5, 5.41) is 3.09. The van der Waals surface area contributed by atoms with E-state index in [9.17, 15) is 4.79 Å². The number of hydrogen-bond donors (Lipinski definition) is 1. The van der Waals surface area contributed by atoms with Gasteiger partial charge in [0.25, 0.3) is 5.91 Å². The molecule has 4 heteroatoms. The predicted octanol–water partition coefficient (Wildman–Crippen LogP) is 4.66. The number of aryl methyl sites for hydroxylation is 3. The Morgan fingerprint density at radius 1 is 1.00 bits per heavy atom. The van der Waals surface area contributed by atoms with Crippen LogP contribution in [0.5, 0.6) is 11.5 Å². The Hall–Kier alpha value is -2.49. The number of amides is 1. The molecule has 2 atom stereocenters. The standard InChI is InChI=1S/C22H29NO3/c1-7-21(26-19-10-8-18(25-6)9-11-19)22(24)23-17(5)20-13-15(3)14(2)12-16(20)4/h8-13,17,21H,7H2,1-6H3,(H,23,24)/t17-,21-/m1/s1. The Bertz CT molecular complexity index is 753. The van der Waals surface area contributed by atoms with E-state index in [1.807, 2.05) is 38.1 Å². The topological polar surface area (TPSA) is 47.6 Å². The van der Waals surface area contributed by atoms with Gasteiger partial charge in [0.2, 0.25) is 0 Å². The zero-order valence-electron chi connectivity index (χ0n) is 16.6. The first-order valence-electron chi connectivity index (χ1n) is 9.04. The molecule has 0 unspecified atom stereocenters. The highest BCUT2D eigenvalue weighted by Gasteiger charge is 2.21. The maximum atomic E-state index is 12.7. The van der Waals surface area contributed by atoms with Crippen molar-refractivity contribution < 1.29 is 14.3 Å². The van der Waals surface area contributed by atoms with Gasteiger partial charge in [-0.2, -0.15) is 0 Å². The summed E-state index contributed by atoms with van der Waals surface area (Å²) < 4.78 is 11.0. The lowest BCUT2D eigenvalue weighted by Gasteiger charge is -2.22. The number of methoxy groups -OCH3 is 1. The van der Waals surface area contributed by atoms with Crippen LogP contribution in [0.3, 0.4) is 0 Å². The van der Waals surface area contributed by atoms with Crippen molar-refractivity contribution in [1.29, 1.82) is 0 Å². The van der Waals surface area contributed by atoms with Gasteiger partial charge < -0.3 is 14.8 Å². The van der Waals surface area contributed by atoms with Gasteiger partial charge in [0.05, 0.1) is 13.2 Å². The molecule has 26 heavy (non-hydrogen) atoms. The minimum atomic E-state index is -0.530. The fourth-order valence-corrected chi connectivity index (χ4v) is 2.97. The van der Waals surface area contributed by atoms with Gasteiger partial charge in [-0.25, -0.2) is 0 Å². The van der Waals surface area contributed by atoms with E-state index in [0.29, 0.717) is 12.2 Å². The summed E-state index contributed by atoms with van der Waals surface area (Å²) in [6.07, 6.45) is 0.0638. The zero-order valence-corrected chi connectivity index (χ0v) is 16.6. The maximum absolute atomic E-state index is 12.7. The van der Waals surface area contributed by atoms with E-state index in [1.165, 1.54) is 16.7 Å². The molecule has 0 radical (unpaired) electrons. The maximum Gasteiger partial charge on any atom is 0.261 e. The summed E-state index contributed by atoms with van der Waals surface area (Å²) in [7, 11) is 1.62. The molecule has 2 aromatic carbocycles. The highest BCUT2D eigenvalue weighted by molar-refractivity contribution is 5.81. The van der Waals surface area contributed by atoms with E-state index in [1.54, 1.807) is 7.11 Å². The van der Waals surface area contributed by atoms with Crippen LogP contribution in [0.2, 0.25) is 0 Å². The summed E-state index contributed by atoms with van der Waals surface area (Å²) in [6.45, 7) is 10.2. The van der Waals surface area contributed by atoms with Crippen molar-refractivity contribution in [1.82, 2.24) is 5.32 Å². The molecule has 0 aliphatic carbocycles. The number of rotatable bonds is 7. The van der Waals surface area contributed by atoms with Crippen molar-refractivity contribution in [3.63, 3.8) is 0 Å². The first kappa shape index (κ1) is 19.8. The van der Waals surface area contributed by atoms with Crippen LogP contribution in [0, 0.1) is 20.8 Å². The molecule has 0 aliphatic heterocycles. The molecule has 2 rings (SSSR count). The van der Waals surface area contributed by atoms with Crippen molar-refractivity contribution in [2.45, 2.75) is 53.2 Å². The van der Waals surface area contributed by atoms with Crippen molar-refractivity contribution >= 4 is 5.91 Å². The average molecular weight is 355 g/mol. The lowest BCUT2D eigenvalue weighted by atomic mass is 9.96. The Morgan fingerprint density at radius 3 is 2.15 bits per heavy atom. The summed E-state index contributed by atoms with van der Waals surface area (Å²) in [5.41, 5.74) is 4.82. The van der Waals surface area contributed by atoms with Gasteiger partial charge in [0.15, 0.2) is 6.10 Å². The first-order valence-corrected chi connectivity index (χ1v) is 9.04. The predicted molar refractivity (Wildman–Crippen MR) is 105 cm³/mol. The van der Waals surface area contributed by atoms with Crippen LogP contribution < -0.4 is 14.8 Å². The minimum absolute atomic E-state index is 0.0738. The van der Waals surface area contributed by atoms with Gasteiger partial charge in [-0.1, -0.05) is 19.1 Å². The van der Waals surface area contributed by atoms with Gasteiger partial charge in [-0.05, 0) is 80.6 Å². The normalized spacial score (nSPS) is 13.0. The molecule has 0 saturated heterocycles. The van der Waals surface area contributed by atoms with Gasteiger partial charge >= 0.3 is 0 Å². The molecule has 1 amide bonds. The summed E-state index contributed by atoms with van der Waals surface area (Å²) in [5.74, 6) is 1.31. The van der Waals surface area contributed by atoms with Crippen LogP contribution in [0.4, 0.5) is 0 Å². The van der Waals surface area contributed by atoms with Gasteiger partial charge in [0.1, 0.15) is 11.5 Å². The second-order valence-corrected chi connectivity index (χ2v) is 6.71. The highest BCUT2D eigenvalue weighted by Crippen LogP contribution is 2.23. The molecular formula is C22H29NO3. The molecule has 2 aromatic rings. The Balaban J connectivity index is 2.07. The molecular weight excluding hydrogens is 326 g/mol. The molecule has 140 valence electrons. The molecule has 0 bridgehead atoms. The summed E-state index contributed by atoms with van der Waals surface area (Å²) >= 11 is 0. The largest absolute Gasteiger partial charge is 0.497 e. The van der Waals surface area contributed by atoms with E-state index in [0.717, 1.165) is 11.3 Å². The third-order valence-corrected chi connectivity index (χ3v) is 4.71. The molecule has 0 aliphatic rings. The van der Waals surface area contributed by atoms with Crippen molar-refractivity contribution in [3.05, 3.63) is 58.7 Å². The first-order chi connectivity index (χ1) is 12.3. The third-order valence-electron chi connectivity index (χ3n) is 4.71. The van der Waals surface area contributed by atoms with Crippen LogP contribution in [-0.2, 0) is 4.79 Å². The van der Waals surface area contributed by atoms with Crippen molar-refractivity contribution in [3.8, 4) is 11.5 Å². The molecule has 4 nitrogen and oxygen atoms in total.